The molecule has 120 valence electrons. The van der Waals surface area contributed by atoms with Crippen LogP contribution >= 0.6 is 0 Å². The van der Waals surface area contributed by atoms with Gasteiger partial charge in [0, 0.05) is 31.2 Å². The van der Waals surface area contributed by atoms with Crippen LogP contribution in [0.4, 0.5) is 0 Å². The van der Waals surface area contributed by atoms with Gasteiger partial charge in [0.25, 0.3) is 5.91 Å². The maximum atomic E-state index is 12.7. The van der Waals surface area contributed by atoms with Gasteiger partial charge in [-0.2, -0.15) is 5.10 Å². The second-order valence-electron chi connectivity index (χ2n) is 5.84. The maximum Gasteiger partial charge on any atom is 0.255 e. The smallest absolute Gasteiger partial charge is 0.255 e. The molecule has 0 bridgehead atoms. The monoisotopic (exact) mass is 313 g/mol. The molecule has 1 aliphatic rings. The first-order valence-corrected chi connectivity index (χ1v) is 7.62. The van der Waals surface area contributed by atoms with Crippen LogP contribution in [0.15, 0.2) is 36.8 Å². The highest BCUT2D eigenvalue weighted by molar-refractivity contribution is 5.94. The van der Waals surface area contributed by atoms with Crippen LogP contribution in [0.2, 0.25) is 0 Å². The van der Waals surface area contributed by atoms with Crippen molar-refractivity contribution in [3.8, 4) is 5.82 Å². The van der Waals surface area contributed by atoms with E-state index in [1.165, 1.54) is 0 Å². The van der Waals surface area contributed by atoms with Crippen LogP contribution in [0.25, 0.3) is 5.82 Å². The van der Waals surface area contributed by atoms with Gasteiger partial charge >= 0.3 is 0 Å². The zero-order valence-corrected chi connectivity index (χ0v) is 12.9. The molecule has 1 fully saturated rings. The van der Waals surface area contributed by atoms with E-state index in [1.807, 2.05) is 6.92 Å². The number of nitrogens with two attached hydrogens (primary N) is 1. The Kier molecular flexibility index (Phi) is 4.10. The van der Waals surface area contributed by atoms with Gasteiger partial charge in [0.15, 0.2) is 5.82 Å². The van der Waals surface area contributed by atoms with Crippen molar-refractivity contribution in [2.45, 2.75) is 25.8 Å². The van der Waals surface area contributed by atoms with Crippen molar-refractivity contribution in [3.63, 3.8) is 0 Å². The molecule has 7 heteroatoms. The Hall–Kier alpha value is -2.70. The van der Waals surface area contributed by atoms with Gasteiger partial charge in [0.1, 0.15) is 0 Å². The lowest BCUT2D eigenvalue weighted by atomic mass is 9.92. The predicted molar refractivity (Wildman–Crippen MR) is 83.8 cm³/mol. The van der Waals surface area contributed by atoms with Crippen LogP contribution < -0.4 is 5.73 Å². The first kappa shape index (κ1) is 15.2. The number of carbonyl (C=O) groups is 2. The standard InChI is InChI=1S/C16H19N5O2/c1-11-3-4-13(15(17)22)10-20(11)16(23)12-5-6-14(18-9-12)21-8-2-7-19-21/h2,5-9,11,13H,3-4,10H2,1H3,(H2,17,22)/t11-,13+/m1/s1. The summed E-state index contributed by atoms with van der Waals surface area (Å²) in [5.41, 5.74) is 5.89. The molecule has 3 rings (SSSR count). The Morgan fingerprint density at radius 1 is 1.30 bits per heavy atom. The minimum absolute atomic E-state index is 0.0869. The molecule has 2 atom stereocenters. The van der Waals surface area contributed by atoms with E-state index in [-0.39, 0.29) is 23.8 Å². The second-order valence-corrected chi connectivity index (χ2v) is 5.84. The second kappa shape index (κ2) is 6.20. The van der Waals surface area contributed by atoms with Gasteiger partial charge in [0.2, 0.25) is 5.91 Å². The fraction of sp³-hybridized carbons (Fsp3) is 0.375. The summed E-state index contributed by atoms with van der Waals surface area (Å²) in [4.78, 5) is 30.1. The molecule has 0 aromatic carbocycles. The highest BCUT2D eigenvalue weighted by atomic mass is 16.2. The number of piperidine rings is 1. The molecule has 2 N–H and O–H groups in total. The summed E-state index contributed by atoms with van der Waals surface area (Å²) in [6.07, 6.45) is 6.50. The Morgan fingerprint density at radius 2 is 2.13 bits per heavy atom. The van der Waals surface area contributed by atoms with Crippen molar-refractivity contribution >= 4 is 11.8 Å². The minimum Gasteiger partial charge on any atom is -0.369 e. The number of nitrogens with zero attached hydrogens (tertiary/aromatic N) is 4. The number of hydrogen-bond acceptors (Lipinski definition) is 4. The fourth-order valence-corrected chi connectivity index (χ4v) is 2.84. The molecule has 0 aliphatic carbocycles. The van der Waals surface area contributed by atoms with E-state index in [2.05, 4.69) is 10.1 Å². The van der Waals surface area contributed by atoms with Crippen LogP contribution in [-0.4, -0.2) is 44.1 Å². The SMILES string of the molecule is C[C@@H]1CC[C@H](C(N)=O)CN1C(=O)c1ccc(-n2cccn2)nc1. The van der Waals surface area contributed by atoms with E-state index in [1.54, 1.807) is 46.4 Å². The van der Waals surface area contributed by atoms with Crippen molar-refractivity contribution in [2.75, 3.05) is 6.54 Å². The Labute approximate surface area is 134 Å². The predicted octanol–water partition coefficient (Wildman–Crippen LogP) is 0.993. The molecule has 1 saturated heterocycles. The number of aromatic nitrogens is 3. The fourth-order valence-electron chi connectivity index (χ4n) is 2.84. The van der Waals surface area contributed by atoms with Gasteiger partial charge in [-0.05, 0) is 38.0 Å². The number of carbonyl (C=O) groups excluding carboxylic acids is 2. The number of hydrogen-bond donors (Lipinski definition) is 1. The highest BCUT2D eigenvalue weighted by Gasteiger charge is 2.32. The van der Waals surface area contributed by atoms with Gasteiger partial charge in [-0.3, -0.25) is 9.59 Å². The van der Waals surface area contributed by atoms with E-state index in [0.717, 1.165) is 12.8 Å². The number of primary amides is 1. The Morgan fingerprint density at radius 3 is 2.74 bits per heavy atom. The van der Waals surface area contributed by atoms with Crippen LogP contribution in [0.1, 0.15) is 30.1 Å². The average Bonchev–Trinajstić information content (AvgIpc) is 3.09. The van der Waals surface area contributed by atoms with Crippen LogP contribution in [0.5, 0.6) is 0 Å². The number of likely N-dealkylation sites (tertiary alicyclic amines) is 1. The van der Waals surface area contributed by atoms with Gasteiger partial charge in [-0.1, -0.05) is 0 Å². The molecule has 2 amide bonds. The van der Waals surface area contributed by atoms with Gasteiger partial charge in [0.05, 0.1) is 11.5 Å². The lowest BCUT2D eigenvalue weighted by Gasteiger charge is -2.36. The zero-order valence-electron chi connectivity index (χ0n) is 12.9. The molecule has 23 heavy (non-hydrogen) atoms. The Bertz CT molecular complexity index is 696. The zero-order chi connectivity index (χ0) is 16.4. The van der Waals surface area contributed by atoms with E-state index in [0.29, 0.717) is 17.9 Å². The topological polar surface area (TPSA) is 94.1 Å². The lowest BCUT2D eigenvalue weighted by molar-refractivity contribution is -0.123. The molecular formula is C16H19N5O2. The highest BCUT2D eigenvalue weighted by Crippen LogP contribution is 2.23. The number of pyridine rings is 1. The van der Waals surface area contributed by atoms with Gasteiger partial charge in [-0.25, -0.2) is 9.67 Å². The van der Waals surface area contributed by atoms with Crippen LogP contribution in [-0.2, 0) is 4.79 Å². The number of amides is 2. The third-order valence-electron chi connectivity index (χ3n) is 4.28. The summed E-state index contributed by atoms with van der Waals surface area (Å²) >= 11 is 0. The molecule has 0 radical (unpaired) electrons. The van der Waals surface area contributed by atoms with E-state index in [4.69, 9.17) is 5.73 Å². The first-order valence-electron chi connectivity index (χ1n) is 7.62. The van der Waals surface area contributed by atoms with Crippen molar-refractivity contribution < 1.29 is 9.59 Å². The largest absolute Gasteiger partial charge is 0.369 e. The van der Waals surface area contributed by atoms with E-state index < -0.39 is 0 Å². The third-order valence-corrected chi connectivity index (χ3v) is 4.28. The first-order chi connectivity index (χ1) is 11.1. The Balaban J connectivity index is 1.77. The molecule has 2 aromatic rings. The van der Waals surface area contributed by atoms with Crippen LogP contribution in [0.3, 0.4) is 0 Å². The van der Waals surface area contributed by atoms with Gasteiger partial charge in [-0.15, -0.1) is 0 Å². The summed E-state index contributed by atoms with van der Waals surface area (Å²) in [5.74, 6) is -0.0930. The van der Waals surface area contributed by atoms with Crippen LogP contribution in [0, 0.1) is 5.92 Å². The molecule has 1 aliphatic heterocycles. The molecular weight excluding hydrogens is 294 g/mol. The molecule has 0 spiro atoms. The quantitative estimate of drug-likeness (QED) is 0.914. The minimum atomic E-state index is -0.346. The third kappa shape index (κ3) is 3.08. The summed E-state index contributed by atoms with van der Waals surface area (Å²) in [7, 11) is 0. The molecule has 7 nitrogen and oxygen atoms in total. The van der Waals surface area contributed by atoms with Crippen molar-refractivity contribution in [3.05, 3.63) is 42.4 Å². The average molecular weight is 313 g/mol. The van der Waals surface area contributed by atoms with E-state index in [9.17, 15) is 9.59 Å². The summed E-state index contributed by atoms with van der Waals surface area (Å²) in [6.45, 7) is 2.36. The molecule has 3 heterocycles. The normalized spacial score (nSPS) is 21.2. The summed E-state index contributed by atoms with van der Waals surface area (Å²) in [5, 5.41) is 4.10. The van der Waals surface area contributed by atoms with Gasteiger partial charge < -0.3 is 10.6 Å². The maximum absolute atomic E-state index is 12.7. The molecule has 0 saturated carbocycles. The van der Waals surface area contributed by atoms with Crippen molar-refractivity contribution in [1.29, 1.82) is 0 Å². The van der Waals surface area contributed by atoms with Crippen molar-refractivity contribution in [2.24, 2.45) is 11.7 Å². The molecule has 0 unspecified atom stereocenters. The lowest BCUT2D eigenvalue weighted by Crippen LogP contribution is -2.48. The number of rotatable bonds is 3. The van der Waals surface area contributed by atoms with Crippen molar-refractivity contribution in [1.82, 2.24) is 19.7 Å². The van der Waals surface area contributed by atoms with E-state index >= 15 is 0 Å². The molecule has 2 aromatic heterocycles. The summed E-state index contributed by atoms with van der Waals surface area (Å²) < 4.78 is 1.63. The summed E-state index contributed by atoms with van der Waals surface area (Å²) in [6, 6.07) is 5.37.